The Morgan fingerprint density at radius 3 is 2.67 bits per heavy atom. The van der Waals surface area contributed by atoms with Crippen LogP contribution in [-0.4, -0.2) is 0 Å². The first-order valence-electron chi connectivity index (χ1n) is 5.25. The van der Waals surface area contributed by atoms with Crippen LogP contribution in [0.3, 0.4) is 0 Å². The molecule has 0 saturated carbocycles. The normalized spacial score (nSPS) is 13.3. The molecule has 0 aliphatic carbocycles. The molecule has 15 heavy (non-hydrogen) atoms. The summed E-state index contributed by atoms with van der Waals surface area (Å²) < 4.78 is 26.5. The minimum atomic E-state index is -0.758. The van der Waals surface area contributed by atoms with E-state index in [1.165, 1.54) is 0 Å². The van der Waals surface area contributed by atoms with Gasteiger partial charge in [-0.15, -0.1) is 0 Å². The smallest absolute Gasteiger partial charge is 0.162 e. The zero-order chi connectivity index (χ0) is 11.3. The predicted molar refractivity (Wildman–Crippen MR) is 58.8 cm³/mol. The lowest BCUT2D eigenvalue weighted by molar-refractivity contribution is 0.484. The topological polar surface area (TPSA) is 0 Å². The quantitative estimate of drug-likeness (QED) is 0.645. The van der Waals surface area contributed by atoms with E-state index in [9.17, 15) is 8.78 Å². The minimum Gasteiger partial charge on any atom is -0.204 e. The highest BCUT2D eigenvalue weighted by molar-refractivity contribution is 5.23. The van der Waals surface area contributed by atoms with Crippen molar-refractivity contribution in [1.29, 1.82) is 0 Å². The molecular weight excluding hydrogens is 194 g/mol. The molecule has 0 aliphatic heterocycles. The maximum Gasteiger partial charge on any atom is 0.162 e. The molecule has 0 aromatic heterocycles. The molecule has 0 aliphatic rings. The Hall–Kier alpha value is -1.18. The SMILES string of the molecule is C/C=C\CC(CC)c1cccc(F)c1F. The van der Waals surface area contributed by atoms with Crippen LogP contribution in [0.2, 0.25) is 0 Å². The second-order valence-electron chi connectivity index (χ2n) is 3.55. The summed E-state index contributed by atoms with van der Waals surface area (Å²) in [6.07, 6.45) is 5.48. The van der Waals surface area contributed by atoms with Gasteiger partial charge in [0.2, 0.25) is 0 Å². The molecule has 82 valence electrons. The molecule has 0 N–H and O–H groups in total. The molecule has 1 rings (SSSR count). The number of hydrogen-bond donors (Lipinski definition) is 0. The van der Waals surface area contributed by atoms with Gasteiger partial charge in [0.1, 0.15) is 0 Å². The molecule has 0 heterocycles. The van der Waals surface area contributed by atoms with E-state index >= 15 is 0 Å². The van der Waals surface area contributed by atoms with Gasteiger partial charge in [-0.1, -0.05) is 31.2 Å². The molecule has 0 fully saturated rings. The van der Waals surface area contributed by atoms with Crippen LogP contribution in [0.25, 0.3) is 0 Å². The molecule has 1 atom stereocenters. The fourth-order valence-corrected chi connectivity index (χ4v) is 1.65. The van der Waals surface area contributed by atoms with E-state index in [2.05, 4.69) is 0 Å². The lowest BCUT2D eigenvalue weighted by Crippen LogP contribution is -2.01. The highest BCUT2D eigenvalue weighted by atomic mass is 19.2. The maximum absolute atomic E-state index is 13.5. The molecule has 1 unspecified atom stereocenters. The second kappa shape index (κ2) is 5.64. The lowest BCUT2D eigenvalue weighted by Gasteiger charge is -2.14. The Bertz CT molecular complexity index is 342. The first-order valence-corrected chi connectivity index (χ1v) is 5.25. The average molecular weight is 210 g/mol. The maximum atomic E-state index is 13.5. The highest BCUT2D eigenvalue weighted by Crippen LogP contribution is 2.27. The number of halogens is 2. The molecule has 0 nitrogen and oxygen atoms in total. The Balaban J connectivity index is 2.96. The van der Waals surface area contributed by atoms with E-state index in [4.69, 9.17) is 0 Å². The van der Waals surface area contributed by atoms with Gasteiger partial charge < -0.3 is 0 Å². The van der Waals surface area contributed by atoms with Crippen LogP contribution in [-0.2, 0) is 0 Å². The third-order valence-corrected chi connectivity index (χ3v) is 2.57. The number of hydrogen-bond acceptors (Lipinski definition) is 0. The van der Waals surface area contributed by atoms with E-state index < -0.39 is 11.6 Å². The monoisotopic (exact) mass is 210 g/mol. The number of allylic oxidation sites excluding steroid dienone is 2. The van der Waals surface area contributed by atoms with Gasteiger partial charge in [-0.25, -0.2) is 8.78 Å². The summed E-state index contributed by atoms with van der Waals surface area (Å²) in [4.78, 5) is 0. The van der Waals surface area contributed by atoms with Gasteiger partial charge in [-0.2, -0.15) is 0 Å². The number of rotatable bonds is 4. The van der Waals surface area contributed by atoms with Crippen molar-refractivity contribution in [2.75, 3.05) is 0 Å². The van der Waals surface area contributed by atoms with Crippen molar-refractivity contribution in [1.82, 2.24) is 0 Å². The zero-order valence-corrected chi connectivity index (χ0v) is 9.13. The summed E-state index contributed by atoms with van der Waals surface area (Å²) in [5.41, 5.74) is 0.482. The van der Waals surface area contributed by atoms with E-state index in [0.29, 0.717) is 5.56 Å². The van der Waals surface area contributed by atoms with Crippen LogP contribution in [0.5, 0.6) is 0 Å². The Morgan fingerprint density at radius 2 is 2.07 bits per heavy atom. The van der Waals surface area contributed by atoms with Crippen LogP contribution in [0.4, 0.5) is 8.78 Å². The van der Waals surface area contributed by atoms with Crippen LogP contribution in [0, 0.1) is 11.6 Å². The van der Waals surface area contributed by atoms with Crippen molar-refractivity contribution >= 4 is 0 Å². The summed E-state index contributed by atoms with van der Waals surface area (Å²) >= 11 is 0. The molecule has 0 spiro atoms. The fourth-order valence-electron chi connectivity index (χ4n) is 1.65. The zero-order valence-electron chi connectivity index (χ0n) is 9.13. The molecule has 1 aromatic rings. The van der Waals surface area contributed by atoms with Gasteiger partial charge in [0.25, 0.3) is 0 Å². The van der Waals surface area contributed by atoms with E-state index in [0.717, 1.165) is 18.9 Å². The van der Waals surface area contributed by atoms with Gasteiger partial charge in [0.05, 0.1) is 0 Å². The van der Waals surface area contributed by atoms with E-state index in [1.807, 2.05) is 26.0 Å². The largest absolute Gasteiger partial charge is 0.204 e. The lowest BCUT2D eigenvalue weighted by atomic mass is 9.92. The van der Waals surface area contributed by atoms with Crippen LogP contribution < -0.4 is 0 Å². The Labute approximate surface area is 89.6 Å². The van der Waals surface area contributed by atoms with Gasteiger partial charge in [0.15, 0.2) is 11.6 Å². The van der Waals surface area contributed by atoms with Crippen molar-refractivity contribution in [3.05, 3.63) is 47.5 Å². The number of benzene rings is 1. The Kier molecular flexibility index (Phi) is 4.47. The molecule has 0 saturated heterocycles. The first kappa shape index (κ1) is 11.9. The summed E-state index contributed by atoms with van der Waals surface area (Å²) in [7, 11) is 0. The van der Waals surface area contributed by atoms with E-state index in [-0.39, 0.29) is 5.92 Å². The fraction of sp³-hybridized carbons (Fsp3) is 0.385. The molecular formula is C13H16F2. The van der Waals surface area contributed by atoms with Gasteiger partial charge in [0, 0.05) is 0 Å². The molecule has 2 heteroatoms. The van der Waals surface area contributed by atoms with E-state index in [1.54, 1.807) is 12.1 Å². The summed E-state index contributed by atoms with van der Waals surface area (Å²) in [6, 6.07) is 4.38. The van der Waals surface area contributed by atoms with Crippen LogP contribution >= 0.6 is 0 Å². The van der Waals surface area contributed by atoms with Crippen LogP contribution in [0.1, 0.15) is 38.2 Å². The van der Waals surface area contributed by atoms with Crippen molar-refractivity contribution in [3.8, 4) is 0 Å². The first-order chi connectivity index (χ1) is 7.20. The van der Waals surface area contributed by atoms with Crippen molar-refractivity contribution < 1.29 is 8.78 Å². The van der Waals surface area contributed by atoms with Crippen molar-refractivity contribution in [2.45, 2.75) is 32.6 Å². The van der Waals surface area contributed by atoms with Gasteiger partial charge in [-0.3, -0.25) is 0 Å². The predicted octanol–water partition coefficient (Wildman–Crippen LogP) is 4.42. The standard InChI is InChI=1S/C13H16F2/c1-3-5-7-10(4-2)11-8-6-9-12(14)13(11)15/h3,5-6,8-10H,4,7H2,1-2H3/b5-3-. The summed E-state index contributed by atoms with van der Waals surface area (Å²) in [5.74, 6) is -1.39. The van der Waals surface area contributed by atoms with Crippen molar-refractivity contribution in [3.63, 3.8) is 0 Å². The van der Waals surface area contributed by atoms with Crippen molar-refractivity contribution in [2.24, 2.45) is 0 Å². The molecule has 0 bridgehead atoms. The minimum absolute atomic E-state index is 0.0666. The third-order valence-electron chi connectivity index (χ3n) is 2.57. The van der Waals surface area contributed by atoms with Gasteiger partial charge >= 0.3 is 0 Å². The highest BCUT2D eigenvalue weighted by Gasteiger charge is 2.15. The summed E-state index contributed by atoms with van der Waals surface area (Å²) in [6.45, 7) is 3.91. The second-order valence-corrected chi connectivity index (χ2v) is 3.55. The molecule has 1 aromatic carbocycles. The molecule has 0 amide bonds. The van der Waals surface area contributed by atoms with Gasteiger partial charge in [-0.05, 0) is 37.3 Å². The third kappa shape index (κ3) is 2.88. The summed E-state index contributed by atoms with van der Waals surface area (Å²) in [5, 5.41) is 0. The molecule has 0 radical (unpaired) electrons. The van der Waals surface area contributed by atoms with Crippen LogP contribution in [0.15, 0.2) is 30.4 Å². The average Bonchev–Trinajstić information content (AvgIpc) is 2.25. The Morgan fingerprint density at radius 1 is 1.33 bits per heavy atom.